The smallest absolute Gasteiger partial charge is 0.366 e. The number of nitrogens with two attached hydrogens (primary N) is 1. The van der Waals surface area contributed by atoms with Gasteiger partial charge in [0, 0.05) is 5.56 Å². The van der Waals surface area contributed by atoms with Crippen LogP contribution in [-0.4, -0.2) is 5.91 Å². The van der Waals surface area contributed by atoms with Crippen LogP contribution < -0.4 is 5.73 Å². The van der Waals surface area contributed by atoms with Crippen LogP contribution in [0.25, 0.3) is 12.2 Å². The highest BCUT2D eigenvalue weighted by Crippen LogP contribution is 2.30. The molecule has 0 fully saturated rings. The molecule has 0 saturated heterocycles. The van der Waals surface area contributed by atoms with E-state index in [1.807, 2.05) is 30.3 Å². The van der Waals surface area contributed by atoms with Gasteiger partial charge in [-0.25, -0.2) is 0 Å². The Kier molecular flexibility index (Phi) is 4.12. The summed E-state index contributed by atoms with van der Waals surface area (Å²) in [4.78, 5) is 11.3. The molecule has 2 aromatic rings. The van der Waals surface area contributed by atoms with Gasteiger partial charge in [-0.1, -0.05) is 48.6 Å². The lowest BCUT2D eigenvalue weighted by atomic mass is 10.0. The summed E-state index contributed by atoms with van der Waals surface area (Å²) in [6.45, 7) is 0. The van der Waals surface area contributed by atoms with Crippen molar-refractivity contribution in [3.63, 3.8) is 0 Å². The number of carbonyl (C=O) groups excluding carboxylic acids is 1. The minimum absolute atomic E-state index is 0.156. The molecule has 0 radical (unpaired) electrons. The number of alkyl halides is 3. The summed E-state index contributed by atoms with van der Waals surface area (Å²) in [7, 11) is 0. The fourth-order valence-electron chi connectivity index (χ4n) is 1.84. The number of primary amides is 1. The van der Waals surface area contributed by atoms with Crippen LogP contribution in [0, 0.1) is 0 Å². The summed E-state index contributed by atoms with van der Waals surface area (Å²) in [6.07, 6.45) is -1.24. The van der Waals surface area contributed by atoms with Crippen molar-refractivity contribution in [2.75, 3.05) is 0 Å². The molecule has 2 nitrogen and oxygen atoms in total. The average molecular weight is 291 g/mol. The van der Waals surface area contributed by atoms with Crippen molar-refractivity contribution in [2.24, 2.45) is 5.73 Å². The zero-order chi connectivity index (χ0) is 15.5. The van der Waals surface area contributed by atoms with Crippen LogP contribution in [-0.2, 0) is 6.18 Å². The van der Waals surface area contributed by atoms with Gasteiger partial charge in [0.15, 0.2) is 0 Å². The maximum Gasteiger partial charge on any atom is 0.416 e. The predicted molar refractivity (Wildman–Crippen MR) is 75.3 cm³/mol. The van der Waals surface area contributed by atoms with E-state index in [1.165, 1.54) is 6.07 Å². The summed E-state index contributed by atoms with van der Waals surface area (Å²) < 4.78 is 37.9. The van der Waals surface area contributed by atoms with E-state index in [2.05, 4.69) is 0 Å². The fraction of sp³-hybridized carbons (Fsp3) is 0.0625. The van der Waals surface area contributed by atoms with Gasteiger partial charge >= 0.3 is 6.18 Å². The van der Waals surface area contributed by atoms with E-state index in [4.69, 9.17) is 5.73 Å². The number of amides is 1. The Hall–Kier alpha value is -2.56. The lowest BCUT2D eigenvalue weighted by molar-refractivity contribution is -0.137. The Morgan fingerprint density at radius 1 is 1.00 bits per heavy atom. The number of halogens is 3. The number of hydrogen-bond donors (Lipinski definition) is 1. The lowest BCUT2D eigenvalue weighted by Crippen LogP contribution is -2.15. The first-order valence-corrected chi connectivity index (χ1v) is 6.12. The van der Waals surface area contributed by atoms with E-state index >= 15 is 0 Å². The molecule has 21 heavy (non-hydrogen) atoms. The highest BCUT2D eigenvalue weighted by Gasteiger charge is 2.31. The van der Waals surface area contributed by atoms with E-state index in [1.54, 1.807) is 12.2 Å². The van der Waals surface area contributed by atoms with Gasteiger partial charge in [-0.3, -0.25) is 4.79 Å². The van der Waals surface area contributed by atoms with Crippen molar-refractivity contribution in [1.82, 2.24) is 0 Å². The molecular formula is C16H12F3NO. The van der Waals surface area contributed by atoms with Crippen LogP contribution in [0.4, 0.5) is 13.2 Å². The molecule has 0 aliphatic heterocycles. The minimum atomic E-state index is -4.51. The third-order valence-electron chi connectivity index (χ3n) is 2.90. The standard InChI is InChI=1S/C16H12F3NO/c17-16(18,19)13-9-8-12(14(10-13)15(20)21)7-6-11-4-2-1-3-5-11/h1-10H,(H2,20,21)/b7-6+. The molecule has 0 aromatic heterocycles. The normalized spacial score (nSPS) is 11.8. The Labute approximate surface area is 119 Å². The Morgan fingerprint density at radius 2 is 1.67 bits per heavy atom. The van der Waals surface area contributed by atoms with Crippen molar-refractivity contribution >= 4 is 18.1 Å². The van der Waals surface area contributed by atoms with Crippen LogP contribution in [0.5, 0.6) is 0 Å². The molecule has 0 bridgehead atoms. The Balaban J connectivity index is 2.40. The second-order valence-electron chi connectivity index (χ2n) is 4.41. The molecule has 0 saturated carbocycles. The van der Waals surface area contributed by atoms with Gasteiger partial charge in [-0.05, 0) is 23.3 Å². The number of hydrogen-bond acceptors (Lipinski definition) is 1. The number of rotatable bonds is 3. The minimum Gasteiger partial charge on any atom is -0.366 e. The Morgan fingerprint density at radius 3 is 2.24 bits per heavy atom. The van der Waals surface area contributed by atoms with Gasteiger partial charge in [0.2, 0.25) is 5.91 Å². The van der Waals surface area contributed by atoms with Gasteiger partial charge in [-0.15, -0.1) is 0 Å². The molecule has 0 aliphatic rings. The molecule has 108 valence electrons. The highest BCUT2D eigenvalue weighted by atomic mass is 19.4. The van der Waals surface area contributed by atoms with Crippen molar-refractivity contribution < 1.29 is 18.0 Å². The van der Waals surface area contributed by atoms with E-state index in [0.717, 1.165) is 17.7 Å². The first kappa shape index (κ1) is 14.8. The molecule has 0 heterocycles. The number of carbonyl (C=O) groups is 1. The van der Waals surface area contributed by atoms with E-state index in [9.17, 15) is 18.0 Å². The quantitative estimate of drug-likeness (QED) is 0.854. The molecule has 0 unspecified atom stereocenters. The van der Waals surface area contributed by atoms with Gasteiger partial charge < -0.3 is 5.73 Å². The summed E-state index contributed by atoms with van der Waals surface area (Å²) in [6, 6.07) is 12.1. The Bertz CT molecular complexity index is 676. The average Bonchev–Trinajstić information content (AvgIpc) is 2.45. The maximum atomic E-state index is 12.6. The van der Waals surface area contributed by atoms with E-state index in [-0.39, 0.29) is 5.56 Å². The highest BCUT2D eigenvalue weighted by molar-refractivity contribution is 5.97. The monoisotopic (exact) mass is 291 g/mol. The topological polar surface area (TPSA) is 43.1 Å². The third-order valence-corrected chi connectivity index (χ3v) is 2.90. The van der Waals surface area contributed by atoms with Crippen LogP contribution >= 0.6 is 0 Å². The van der Waals surface area contributed by atoms with Crippen LogP contribution in [0.3, 0.4) is 0 Å². The molecule has 5 heteroatoms. The zero-order valence-electron chi connectivity index (χ0n) is 10.9. The van der Waals surface area contributed by atoms with Crippen molar-refractivity contribution in [1.29, 1.82) is 0 Å². The molecule has 0 spiro atoms. The SMILES string of the molecule is NC(=O)c1cc(C(F)(F)F)ccc1/C=C/c1ccccc1. The largest absolute Gasteiger partial charge is 0.416 e. The molecule has 2 rings (SSSR count). The lowest BCUT2D eigenvalue weighted by Gasteiger charge is -2.09. The van der Waals surface area contributed by atoms with Gasteiger partial charge in [0.05, 0.1) is 5.56 Å². The zero-order valence-corrected chi connectivity index (χ0v) is 10.9. The van der Waals surface area contributed by atoms with Gasteiger partial charge in [0.1, 0.15) is 0 Å². The third kappa shape index (κ3) is 3.72. The molecular weight excluding hydrogens is 279 g/mol. The molecule has 2 aromatic carbocycles. The summed E-state index contributed by atoms with van der Waals surface area (Å²) in [5, 5.41) is 0. The summed E-state index contributed by atoms with van der Waals surface area (Å²) >= 11 is 0. The number of benzene rings is 2. The van der Waals surface area contributed by atoms with Crippen LogP contribution in [0.15, 0.2) is 48.5 Å². The van der Waals surface area contributed by atoms with E-state index in [0.29, 0.717) is 5.56 Å². The van der Waals surface area contributed by atoms with Crippen molar-refractivity contribution in [3.05, 3.63) is 70.8 Å². The molecule has 1 amide bonds. The molecule has 2 N–H and O–H groups in total. The fourth-order valence-corrected chi connectivity index (χ4v) is 1.84. The van der Waals surface area contributed by atoms with E-state index < -0.39 is 17.6 Å². The van der Waals surface area contributed by atoms with Gasteiger partial charge in [-0.2, -0.15) is 13.2 Å². The molecule has 0 atom stereocenters. The maximum absolute atomic E-state index is 12.6. The van der Waals surface area contributed by atoms with Crippen molar-refractivity contribution in [2.45, 2.75) is 6.18 Å². The summed E-state index contributed by atoms with van der Waals surface area (Å²) in [5.41, 5.74) is 5.32. The van der Waals surface area contributed by atoms with Gasteiger partial charge in [0.25, 0.3) is 0 Å². The van der Waals surface area contributed by atoms with Crippen LogP contribution in [0.2, 0.25) is 0 Å². The first-order valence-electron chi connectivity index (χ1n) is 6.12. The summed E-state index contributed by atoms with van der Waals surface area (Å²) in [5.74, 6) is -0.895. The molecule has 0 aliphatic carbocycles. The first-order chi connectivity index (χ1) is 9.88. The predicted octanol–water partition coefficient (Wildman–Crippen LogP) is 3.97. The van der Waals surface area contributed by atoms with Crippen LogP contribution in [0.1, 0.15) is 27.0 Å². The van der Waals surface area contributed by atoms with Crippen molar-refractivity contribution in [3.8, 4) is 0 Å². The second kappa shape index (κ2) is 5.83. The second-order valence-corrected chi connectivity index (χ2v) is 4.41.